The second-order valence-corrected chi connectivity index (χ2v) is 3.67. The minimum atomic E-state index is -0.996. The van der Waals surface area contributed by atoms with Crippen LogP contribution in [0.5, 0.6) is 0 Å². The van der Waals surface area contributed by atoms with Gasteiger partial charge >= 0.3 is 5.97 Å². The molecule has 0 saturated carbocycles. The van der Waals surface area contributed by atoms with Crippen LogP contribution in [0.3, 0.4) is 0 Å². The Kier molecular flexibility index (Phi) is 2.48. The van der Waals surface area contributed by atoms with Crippen molar-refractivity contribution < 1.29 is 9.90 Å². The van der Waals surface area contributed by atoms with E-state index in [1.54, 1.807) is 25.1 Å². The number of aromatic amines is 1. The number of carboxylic acids is 1. The predicted octanol–water partition coefficient (Wildman–Crippen LogP) is 1.46. The molecule has 0 aliphatic heterocycles. The average molecular weight is 217 g/mol. The fourth-order valence-electron chi connectivity index (χ4n) is 1.76. The molecule has 16 heavy (non-hydrogen) atoms. The highest BCUT2D eigenvalue weighted by atomic mass is 16.4. The van der Waals surface area contributed by atoms with Crippen LogP contribution in [-0.4, -0.2) is 16.1 Å². The third kappa shape index (κ3) is 1.69. The zero-order valence-electron chi connectivity index (χ0n) is 8.78. The van der Waals surface area contributed by atoms with Crippen LogP contribution in [0, 0.1) is 6.92 Å². The third-order valence-corrected chi connectivity index (χ3v) is 2.55. The summed E-state index contributed by atoms with van der Waals surface area (Å²) in [6.45, 7) is 1.71. The number of rotatable bonds is 2. The first-order valence-electron chi connectivity index (χ1n) is 4.92. The predicted molar refractivity (Wildman–Crippen MR) is 60.6 cm³/mol. The van der Waals surface area contributed by atoms with E-state index in [0.29, 0.717) is 16.6 Å². The second-order valence-electron chi connectivity index (χ2n) is 3.67. The number of pyridine rings is 1. The van der Waals surface area contributed by atoms with Crippen molar-refractivity contribution in [2.75, 3.05) is 0 Å². The second kappa shape index (κ2) is 3.81. The Morgan fingerprint density at radius 2 is 2.06 bits per heavy atom. The Morgan fingerprint density at radius 1 is 1.38 bits per heavy atom. The monoisotopic (exact) mass is 217 g/mol. The molecule has 0 spiro atoms. The molecule has 1 aromatic heterocycles. The molecule has 0 radical (unpaired) electrons. The number of fused-ring (bicyclic) bond motifs is 1. The molecule has 0 aliphatic rings. The van der Waals surface area contributed by atoms with Crippen LogP contribution in [0.4, 0.5) is 0 Å². The highest BCUT2D eigenvalue weighted by Gasteiger charge is 2.11. The van der Waals surface area contributed by atoms with Crippen molar-refractivity contribution in [1.82, 2.24) is 4.98 Å². The SMILES string of the molecule is Cc1[nH]c2ccccc2c(=O)c1CC(=O)O. The molecule has 4 nitrogen and oxygen atoms in total. The van der Waals surface area contributed by atoms with Gasteiger partial charge in [-0.2, -0.15) is 0 Å². The molecule has 0 fully saturated rings. The summed E-state index contributed by atoms with van der Waals surface area (Å²) in [6, 6.07) is 7.08. The molecule has 0 aliphatic carbocycles. The van der Waals surface area contributed by atoms with Crippen molar-refractivity contribution in [3.8, 4) is 0 Å². The van der Waals surface area contributed by atoms with Gasteiger partial charge in [-0.3, -0.25) is 9.59 Å². The van der Waals surface area contributed by atoms with Crippen LogP contribution < -0.4 is 5.43 Å². The number of aryl methyl sites for hydroxylation is 1. The minimum absolute atomic E-state index is 0.200. The molecule has 2 N–H and O–H groups in total. The van der Waals surface area contributed by atoms with Crippen LogP contribution in [0.25, 0.3) is 10.9 Å². The van der Waals surface area contributed by atoms with Gasteiger partial charge in [-0.1, -0.05) is 12.1 Å². The Labute approximate surface area is 91.5 Å². The van der Waals surface area contributed by atoms with Gasteiger partial charge in [0.1, 0.15) is 0 Å². The van der Waals surface area contributed by atoms with E-state index >= 15 is 0 Å². The minimum Gasteiger partial charge on any atom is -0.481 e. The summed E-state index contributed by atoms with van der Waals surface area (Å²) in [5.74, 6) is -0.996. The quantitative estimate of drug-likeness (QED) is 0.800. The summed E-state index contributed by atoms with van der Waals surface area (Å²) in [7, 11) is 0. The zero-order valence-corrected chi connectivity index (χ0v) is 8.78. The first kappa shape index (κ1) is 10.4. The summed E-state index contributed by atoms with van der Waals surface area (Å²) >= 11 is 0. The lowest BCUT2D eigenvalue weighted by atomic mass is 10.1. The van der Waals surface area contributed by atoms with Crippen molar-refractivity contribution in [3.05, 3.63) is 45.7 Å². The number of nitrogens with one attached hydrogen (secondary N) is 1. The highest BCUT2D eigenvalue weighted by Crippen LogP contribution is 2.10. The lowest BCUT2D eigenvalue weighted by Crippen LogP contribution is -2.16. The fraction of sp³-hybridized carbons (Fsp3) is 0.167. The van der Waals surface area contributed by atoms with Gasteiger partial charge in [0.05, 0.1) is 6.42 Å². The smallest absolute Gasteiger partial charge is 0.308 e. The van der Waals surface area contributed by atoms with E-state index in [2.05, 4.69) is 4.98 Å². The Bertz CT molecular complexity index is 613. The summed E-state index contributed by atoms with van der Waals surface area (Å²) in [6.07, 6.45) is -0.244. The maximum atomic E-state index is 12.0. The Hall–Kier alpha value is -2.10. The van der Waals surface area contributed by atoms with E-state index < -0.39 is 5.97 Å². The number of carboxylic acid groups (broad SMARTS) is 1. The van der Waals surface area contributed by atoms with Gasteiger partial charge in [-0.25, -0.2) is 0 Å². The van der Waals surface area contributed by atoms with Crippen LogP contribution in [0.15, 0.2) is 29.1 Å². The molecule has 1 heterocycles. The number of carbonyl (C=O) groups is 1. The topological polar surface area (TPSA) is 70.2 Å². The normalized spacial score (nSPS) is 10.6. The van der Waals surface area contributed by atoms with Crippen LogP contribution in [-0.2, 0) is 11.2 Å². The first-order chi connectivity index (χ1) is 7.59. The molecule has 82 valence electrons. The summed E-state index contributed by atoms with van der Waals surface area (Å²) in [5, 5.41) is 9.27. The van der Waals surface area contributed by atoms with E-state index in [1.807, 2.05) is 6.07 Å². The van der Waals surface area contributed by atoms with Crippen molar-refractivity contribution in [2.24, 2.45) is 0 Å². The lowest BCUT2D eigenvalue weighted by molar-refractivity contribution is -0.136. The van der Waals surface area contributed by atoms with E-state index in [0.717, 1.165) is 5.52 Å². The molecule has 0 bridgehead atoms. The first-order valence-corrected chi connectivity index (χ1v) is 4.92. The zero-order chi connectivity index (χ0) is 11.7. The van der Waals surface area contributed by atoms with Crippen molar-refractivity contribution in [2.45, 2.75) is 13.3 Å². The molecular weight excluding hydrogens is 206 g/mol. The molecule has 2 aromatic rings. The lowest BCUT2D eigenvalue weighted by Gasteiger charge is -2.05. The molecule has 0 amide bonds. The highest BCUT2D eigenvalue weighted by molar-refractivity contribution is 5.81. The van der Waals surface area contributed by atoms with Gasteiger partial charge in [0.25, 0.3) is 0 Å². The van der Waals surface area contributed by atoms with E-state index in [1.165, 1.54) is 0 Å². The van der Waals surface area contributed by atoms with Crippen molar-refractivity contribution in [1.29, 1.82) is 0 Å². The van der Waals surface area contributed by atoms with Crippen molar-refractivity contribution >= 4 is 16.9 Å². The molecule has 4 heteroatoms. The molecule has 0 saturated heterocycles. The van der Waals surface area contributed by atoms with Gasteiger partial charge in [-0.15, -0.1) is 0 Å². The van der Waals surface area contributed by atoms with Gasteiger partial charge < -0.3 is 10.1 Å². The maximum Gasteiger partial charge on any atom is 0.308 e. The average Bonchev–Trinajstić information content (AvgIpc) is 2.24. The number of aliphatic carboxylic acids is 1. The maximum absolute atomic E-state index is 12.0. The Balaban J connectivity index is 2.76. The van der Waals surface area contributed by atoms with E-state index in [4.69, 9.17) is 5.11 Å². The van der Waals surface area contributed by atoms with Crippen LogP contribution in [0.1, 0.15) is 11.3 Å². The number of aromatic nitrogens is 1. The molecule has 0 atom stereocenters. The largest absolute Gasteiger partial charge is 0.481 e. The number of hydrogen-bond acceptors (Lipinski definition) is 2. The summed E-state index contributed by atoms with van der Waals surface area (Å²) in [5.41, 5.74) is 1.48. The van der Waals surface area contributed by atoms with E-state index in [9.17, 15) is 9.59 Å². The number of H-pyrrole nitrogens is 1. The Morgan fingerprint density at radius 3 is 2.75 bits per heavy atom. The van der Waals surface area contributed by atoms with Gasteiger partial charge in [0, 0.05) is 22.2 Å². The van der Waals surface area contributed by atoms with Gasteiger partial charge in [0.15, 0.2) is 5.43 Å². The van der Waals surface area contributed by atoms with Crippen LogP contribution in [0.2, 0.25) is 0 Å². The fourth-order valence-corrected chi connectivity index (χ4v) is 1.76. The molecule has 2 rings (SSSR count). The number of para-hydroxylation sites is 1. The molecule has 0 unspecified atom stereocenters. The van der Waals surface area contributed by atoms with Crippen molar-refractivity contribution in [3.63, 3.8) is 0 Å². The summed E-state index contributed by atoms with van der Waals surface area (Å²) < 4.78 is 0. The third-order valence-electron chi connectivity index (χ3n) is 2.55. The number of benzene rings is 1. The standard InChI is InChI=1S/C12H11NO3/c1-7-9(6-11(14)15)12(16)8-4-2-3-5-10(8)13-7/h2-5H,6H2,1H3,(H,13,16)(H,14,15). The molecular formula is C12H11NO3. The van der Waals surface area contributed by atoms with E-state index in [-0.39, 0.29) is 11.8 Å². The summed E-state index contributed by atoms with van der Waals surface area (Å²) in [4.78, 5) is 25.7. The van der Waals surface area contributed by atoms with Gasteiger partial charge in [0.2, 0.25) is 0 Å². The molecule has 1 aromatic carbocycles. The van der Waals surface area contributed by atoms with Gasteiger partial charge in [-0.05, 0) is 19.1 Å². The van der Waals surface area contributed by atoms with Crippen LogP contribution >= 0.6 is 0 Å². The number of hydrogen-bond donors (Lipinski definition) is 2.